The zero-order valence-electron chi connectivity index (χ0n) is 12.8. The summed E-state index contributed by atoms with van der Waals surface area (Å²) in [6.07, 6.45) is 0. The molecule has 0 saturated carbocycles. The smallest absolute Gasteiger partial charge is 0.344 e. The summed E-state index contributed by atoms with van der Waals surface area (Å²) in [6.45, 7) is 3.71. The van der Waals surface area contributed by atoms with Crippen LogP contribution in [0.4, 0.5) is 0 Å². The van der Waals surface area contributed by atoms with Crippen LogP contribution in [0.5, 0.6) is 0 Å². The van der Waals surface area contributed by atoms with E-state index in [0.717, 1.165) is 5.56 Å². The van der Waals surface area contributed by atoms with E-state index in [0.29, 0.717) is 23.5 Å². The number of nitrogens with zero attached hydrogens (tertiary/aromatic N) is 2. The summed E-state index contributed by atoms with van der Waals surface area (Å²) < 4.78 is 11.1. The average molecular weight is 302 g/mol. The molecule has 0 N–H and O–H groups in total. The van der Waals surface area contributed by atoms with Gasteiger partial charge in [-0.15, -0.1) is 0 Å². The molecule has 0 unspecified atom stereocenters. The standard InChI is InChI=1S/C16H18N2O4/c1-11-15(16(20)22-10-14(19)21-3)12(2)18(17-11)9-13-7-5-4-6-8-13/h4-8H,9-10H2,1-3H3. The fourth-order valence-electron chi connectivity index (χ4n) is 2.16. The largest absolute Gasteiger partial charge is 0.466 e. The molecule has 0 aliphatic carbocycles. The third-order valence-corrected chi connectivity index (χ3v) is 3.31. The van der Waals surface area contributed by atoms with Crippen LogP contribution in [0.15, 0.2) is 30.3 Å². The van der Waals surface area contributed by atoms with E-state index in [4.69, 9.17) is 4.74 Å². The number of aryl methyl sites for hydroxylation is 1. The number of ether oxygens (including phenoxy) is 2. The maximum Gasteiger partial charge on any atom is 0.344 e. The number of carbonyl (C=O) groups is 2. The Balaban J connectivity index is 2.16. The molecular formula is C16H18N2O4. The van der Waals surface area contributed by atoms with E-state index in [9.17, 15) is 9.59 Å². The molecule has 0 fully saturated rings. The Morgan fingerprint density at radius 2 is 1.86 bits per heavy atom. The molecule has 22 heavy (non-hydrogen) atoms. The lowest BCUT2D eigenvalue weighted by atomic mass is 10.2. The Morgan fingerprint density at radius 3 is 2.50 bits per heavy atom. The minimum Gasteiger partial charge on any atom is -0.466 e. The van der Waals surface area contributed by atoms with E-state index in [-0.39, 0.29) is 0 Å². The summed E-state index contributed by atoms with van der Waals surface area (Å²) in [5, 5.41) is 4.37. The molecule has 0 aliphatic heterocycles. The van der Waals surface area contributed by atoms with Crippen molar-refractivity contribution >= 4 is 11.9 Å². The van der Waals surface area contributed by atoms with Crippen molar-refractivity contribution in [2.24, 2.45) is 0 Å². The first-order chi connectivity index (χ1) is 10.5. The molecule has 0 bridgehead atoms. The predicted molar refractivity (Wildman–Crippen MR) is 79.5 cm³/mol. The molecule has 0 spiro atoms. The minimum atomic E-state index is -0.597. The minimum absolute atomic E-state index is 0.389. The van der Waals surface area contributed by atoms with Crippen LogP contribution in [-0.4, -0.2) is 35.4 Å². The van der Waals surface area contributed by atoms with Crippen LogP contribution in [0.3, 0.4) is 0 Å². The summed E-state index contributed by atoms with van der Waals surface area (Å²) in [5.41, 5.74) is 2.75. The van der Waals surface area contributed by atoms with Crippen molar-refractivity contribution < 1.29 is 19.1 Å². The summed E-state index contributed by atoms with van der Waals surface area (Å²) in [4.78, 5) is 23.1. The first-order valence-electron chi connectivity index (χ1n) is 6.84. The molecule has 2 aromatic rings. The van der Waals surface area contributed by atoms with Gasteiger partial charge in [0.1, 0.15) is 5.56 Å². The van der Waals surface area contributed by atoms with E-state index in [1.165, 1.54) is 7.11 Å². The highest BCUT2D eigenvalue weighted by Gasteiger charge is 2.21. The number of methoxy groups -OCH3 is 1. The lowest BCUT2D eigenvalue weighted by Gasteiger charge is -2.06. The van der Waals surface area contributed by atoms with E-state index in [1.807, 2.05) is 30.3 Å². The van der Waals surface area contributed by atoms with Gasteiger partial charge in [0.25, 0.3) is 0 Å². The van der Waals surface area contributed by atoms with Crippen molar-refractivity contribution in [2.75, 3.05) is 13.7 Å². The van der Waals surface area contributed by atoms with Crippen LogP contribution >= 0.6 is 0 Å². The highest BCUT2D eigenvalue weighted by atomic mass is 16.6. The second-order valence-corrected chi connectivity index (χ2v) is 4.84. The molecule has 0 aliphatic rings. The lowest BCUT2D eigenvalue weighted by Crippen LogP contribution is -2.16. The predicted octanol–water partition coefficient (Wildman–Crippen LogP) is 1.88. The number of hydrogen-bond donors (Lipinski definition) is 0. The van der Waals surface area contributed by atoms with Crippen LogP contribution < -0.4 is 0 Å². The molecule has 0 atom stereocenters. The van der Waals surface area contributed by atoms with Crippen LogP contribution in [-0.2, 0) is 20.8 Å². The molecule has 1 heterocycles. The number of rotatable bonds is 5. The van der Waals surface area contributed by atoms with Gasteiger partial charge in [-0.3, -0.25) is 4.68 Å². The van der Waals surface area contributed by atoms with Gasteiger partial charge in [-0.05, 0) is 19.4 Å². The van der Waals surface area contributed by atoms with Crippen LogP contribution in [0.2, 0.25) is 0 Å². The molecule has 116 valence electrons. The average Bonchev–Trinajstić information content (AvgIpc) is 2.79. The zero-order valence-corrected chi connectivity index (χ0v) is 12.8. The molecular weight excluding hydrogens is 284 g/mol. The third-order valence-electron chi connectivity index (χ3n) is 3.31. The monoisotopic (exact) mass is 302 g/mol. The van der Waals surface area contributed by atoms with Crippen LogP contribution in [0.1, 0.15) is 27.3 Å². The quantitative estimate of drug-likeness (QED) is 0.789. The SMILES string of the molecule is COC(=O)COC(=O)c1c(C)nn(Cc2ccccc2)c1C. The van der Waals surface area contributed by atoms with Crippen molar-refractivity contribution in [1.82, 2.24) is 9.78 Å². The Morgan fingerprint density at radius 1 is 1.18 bits per heavy atom. The second-order valence-electron chi connectivity index (χ2n) is 4.84. The van der Waals surface area contributed by atoms with Gasteiger partial charge in [0, 0.05) is 0 Å². The van der Waals surface area contributed by atoms with E-state index >= 15 is 0 Å². The summed E-state index contributed by atoms with van der Waals surface area (Å²) >= 11 is 0. The van der Waals surface area contributed by atoms with Gasteiger partial charge in [0.2, 0.25) is 0 Å². The van der Waals surface area contributed by atoms with Gasteiger partial charge < -0.3 is 9.47 Å². The van der Waals surface area contributed by atoms with Crippen molar-refractivity contribution in [3.05, 3.63) is 52.8 Å². The molecule has 1 aromatic heterocycles. The highest BCUT2D eigenvalue weighted by molar-refractivity contribution is 5.93. The zero-order chi connectivity index (χ0) is 16.1. The number of hydrogen-bond acceptors (Lipinski definition) is 5. The van der Waals surface area contributed by atoms with Gasteiger partial charge >= 0.3 is 11.9 Å². The first-order valence-corrected chi connectivity index (χ1v) is 6.84. The summed E-state index contributed by atoms with van der Waals surface area (Å²) in [7, 11) is 1.24. The third kappa shape index (κ3) is 3.52. The topological polar surface area (TPSA) is 70.4 Å². The first kappa shape index (κ1) is 15.8. The second kappa shape index (κ2) is 6.89. The van der Waals surface area contributed by atoms with E-state index in [2.05, 4.69) is 9.84 Å². The van der Waals surface area contributed by atoms with Gasteiger partial charge in [-0.25, -0.2) is 9.59 Å². The number of esters is 2. The van der Waals surface area contributed by atoms with Gasteiger partial charge in [0.15, 0.2) is 6.61 Å². The van der Waals surface area contributed by atoms with Crippen molar-refractivity contribution in [3.63, 3.8) is 0 Å². The molecule has 0 saturated heterocycles. The Kier molecular flexibility index (Phi) is 4.93. The molecule has 0 radical (unpaired) electrons. The maximum absolute atomic E-state index is 12.1. The van der Waals surface area contributed by atoms with Gasteiger partial charge in [0.05, 0.1) is 25.0 Å². The fraction of sp³-hybridized carbons (Fsp3) is 0.312. The number of benzene rings is 1. The molecule has 2 rings (SSSR count). The molecule has 1 aromatic carbocycles. The van der Waals surface area contributed by atoms with E-state index in [1.54, 1.807) is 18.5 Å². The highest BCUT2D eigenvalue weighted by Crippen LogP contribution is 2.16. The Labute approximate surface area is 128 Å². The summed E-state index contributed by atoms with van der Waals surface area (Å²) in [5.74, 6) is -1.17. The molecule has 6 nitrogen and oxygen atoms in total. The number of aromatic nitrogens is 2. The van der Waals surface area contributed by atoms with Gasteiger partial charge in [-0.1, -0.05) is 30.3 Å². The van der Waals surface area contributed by atoms with E-state index < -0.39 is 18.5 Å². The molecule has 6 heteroatoms. The fourth-order valence-corrected chi connectivity index (χ4v) is 2.16. The van der Waals surface area contributed by atoms with Crippen LogP contribution in [0, 0.1) is 13.8 Å². The van der Waals surface area contributed by atoms with Crippen LogP contribution in [0.25, 0.3) is 0 Å². The Hall–Kier alpha value is -2.63. The van der Waals surface area contributed by atoms with Gasteiger partial charge in [-0.2, -0.15) is 5.10 Å². The molecule has 0 amide bonds. The van der Waals surface area contributed by atoms with Crippen molar-refractivity contribution in [1.29, 1.82) is 0 Å². The Bertz CT molecular complexity index is 677. The van der Waals surface area contributed by atoms with Crippen molar-refractivity contribution in [2.45, 2.75) is 20.4 Å². The van der Waals surface area contributed by atoms with Crippen molar-refractivity contribution in [3.8, 4) is 0 Å². The lowest BCUT2D eigenvalue weighted by molar-refractivity contribution is -0.144. The maximum atomic E-state index is 12.1. The normalized spacial score (nSPS) is 10.3. The number of carbonyl (C=O) groups excluding carboxylic acids is 2. The summed E-state index contributed by atoms with van der Waals surface area (Å²) in [6, 6.07) is 9.83.